The SMILES string of the molecule is N[C@H]1CCN(S(=O)(=O)c2cccc3c(=O)n(COC(=O)Cc4ccccc4)ccc23)C1. The zero-order valence-electron chi connectivity index (χ0n) is 16.8. The minimum absolute atomic E-state index is 0.0735. The number of pyridine rings is 1. The number of fused-ring (bicyclic) bond motifs is 1. The van der Waals surface area contributed by atoms with Crippen LogP contribution in [0.5, 0.6) is 0 Å². The molecule has 1 aromatic heterocycles. The average Bonchev–Trinajstić information content (AvgIpc) is 3.21. The molecule has 4 rings (SSSR count). The van der Waals surface area contributed by atoms with Gasteiger partial charge in [0.05, 0.1) is 11.3 Å². The molecule has 0 bridgehead atoms. The van der Waals surface area contributed by atoms with Crippen LogP contribution >= 0.6 is 0 Å². The van der Waals surface area contributed by atoms with Crippen LogP contribution in [0.25, 0.3) is 10.8 Å². The van der Waals surface area contributed by atoms with Gasteiger partial charge in [0, 0.05) is 36.1 Å². The van der Waals surface area contributed by atoms with E-state index in [0.29, 0.717) is 18.4 Å². The molecule has 0 saturated carbocycles. The lowest BCUT2D eigenvalue weighted by Crippen LogP contribution is -2.32. The van der Waals surface area contributed by atoms with Crippen LogP contribution in [0.15, 0.2) is 70.5 Å². The molecule has 2 heterocycles. The summed E-state index contributed by atoms with van der Waals surface area (Å²) in [5, 5.41) is 0.575. The van der Waals surface area contributed by atoms with E-state index >= 15 is 0 Å². The lowest BCUT2D eigenvalue weighted by Gasteiger charge is -2.17. The van der Waals surface area contributed by atoms with Gasteiger partial charge in [0.1, 0.15) is 0 Å². The molecule has 8 nitrogen and oxygen atoms in total. The molecule has 1 aliphatic heterocycles. The molecule has 31 heavy (non-hydrogen) atoms. The Morgan fingerprint density at radius 3 is 2.55 bits per heavy atom. The van der Waals surface area contributed by atoms with Gasteiger partial charge < -0.3 is 10.5 Å². The Balaban J connectivity index is 1.57. The fourth-order valence-corrected chi connectivity index (χ4v) is 5.40. The summed E-state index contributed by atoms with van der Waals surface area (Å²) in [6.07, 6.45) is 2.14. The second kappa shape index (κ2) is 8.62. The Kier molecular flexibility index (Phi) is 5.90. The van der Waals surface area contributed by atoms with E-state index in [9.17, 15) is 18.0 Å². The second-order valence-electron chi connectivity index (χ2n) is 7.53. The zero-order valence-corrected chi connectivity index (χ0v) is 17.6. The van der Waals surface area contributed by atoms with Crippen molar-refractivity contribution in [2.45, 2.75) is 30.5 Å². The van der Waals surface area contributed by atoms with Crippen LogP contribution in [-0.4, -0.2) is 42.4 Å². The Hall–Kier alpha value is -3.01. The summed E-state index contributed by atoms with van der Waals surface area (Å²) >= 11 is 0. The number of carbonyl (C=O) groups excluding carboxylic acids is 1. The number of esters is 1. The van der Waals surface area contributed by atoms with E-state index in [1.54, 1.807) is 18.2 Å². The van der Waals surface area contributed by atoms with Gasteiger partial charge in [-0.1, -0.05) is 36.4 Å². The summed E-state index contributed by atoms with van der Waals surface area (Å²) in [5.74, 6) is -0.458. The molecule has 1 aliphatic rings. The molecule has 2 N–H and O–H groups in total. The maximum absolute atomic E-state index is 13.1. The molecule has 1 fully saturated rings. The molecule has 0 amide bonds. The van der Waals surface area contributed by atoms with Crippen molar-refractivity contribution in [3.63, 3.8) is 0 Å². The van der Waals surface area contributed by atoms with E-state index in [4.69, 9.17) is 10.5 Å². The van der Waals surface area contributed by atoms with E-state index < -0.39 is 21.6 Å². The van der Waals surface area contributed by atoms with Gasteiger partial charge in [-0.2, -0.15) is 4.31 Å². The number of nitrogens with zero attached hydrogens (tertiary/aromatic N) is 2. The molecule has 9 heteroatoms. The van der Waals surface area contributed by atoms with Crippen molar-refractivity contribution in [1.29, 1.82) is 0 Å². The molecular weight excluding hydrogens is 418 g/mol. The summed E-state index contributed by atoms with van der Waals surface area (Å²) in [5.41, 5.74) is 6.25. The molecule has 1 atom stereocenters. The Bertz CT molecular complexity index is 1270. The second-order valence-corrected chi connectivity index (χ2v) is 9.43. The quantitative estimate of drug-likeness (QED) is 0.580. The monoisotopic (exact) mass is 441 g/mol. The largest absolute Gasteiger partial charge is 0.444 e. The van der Waals surface area contributed by atoms with Crippen LogP contribution in [-0.2, 0) is 32.7 Å². The zero-order chi connectivity index (χ0) is 22.0. The van der Waals surface area contributed by atoms with Crippen molar-refractivity contribution in [1.82, 2.24) is 8.87 Å². The molecule has 0 unspecified atom stereocenters. The maximum atomic E-state index is 13.1. The Morgan fingerprint density at radius 2 is 1.84 bits per heavy atom. The van der Waals surface area contributed by atoms with Gasteiger partial charge in [-0.3, -0.25) is 14.2 Å². The first-order valence-electron chi connectivity index (χ1n) is 9.94. The smallest absolute Gasteiger partial charge is 0.311 e. The number of rotatable bonds is 6. The van der Waals surface area contributed by atoms with Crippen LogP contribution in [0.3, 0.4) is 0 Å². The van der Waals surface area contributed by atoms with Gasteiger partial charge >= 0.3 is 5.97 Å². The summed E-state index contributed by atoms with van der Waals surface area (Å²) < 4.78 is 34.0. The van der Waals surface area contributed by atoms with Gasteiger partial charge in [0.25, 0.3) is 5.56 Å². The van der Waals surface area contributed by atoms with Crippen molar-refractivity contribution in [3.8, 4) is 0 Å². The summed E-state index contributed by atoms with van der Waals surface area (Å²) in [6, 6.07) is 15.1. The van der Waals surface area contributed by atoms with Crippen molar-refractivity contribution >= 4 is 26.8 Å². The van der Waals surface area contributed by atoms with Crippen LogP contribution in [0.2, 0.25) is 0 Å². The van der Waals surface area contributed by atoms with E-state index in [1.165, 1.54) is 21.1 Å². The predicted molar refractivity (Wildman–Crippen MR) is 116 cm³/mol. The number of carbonyl (C=O) groups is 1. The van der Waals surface area contributed by atoms with E-state index in [1.807, 2.05) is 30.3 Å². The first kappa shape index (κ1) is 21.2. The number of hydrogen-bond donors (Lipinski definition) is 1. The average molecular weight is 442 g/mol. The van der Waals surface area contributed by atoms with Gasteiger partial charge in [-0.15, -0.1) is 0 Å². The van der Waals surface area contributed by atoms with E-state index in [0.717, 1.165) is 5.56 Å². The normalized spacial score (nSPS) is 17.1. The maximum Gasteiger partial charge on any atom is 0.311 e. The van der Waals surface area contributed by atoms with Gasteiger partial charge in [0.2, 0.25) is 10.0 Å². The van der Waals surface area contributed by atoms with Crippen LogP contribution < -0.4 is 11.3 Å². The number of benzene rings is 2. The first-order chi connectivity index (χ1) is 14.9. The standard InChI is InChI=1S/C22H23N3O5S/c23-17-9-12-25(14-17)31(28,29)20-8-4-7-19-18(20)10-11-24(22(19)27)15-30-21(26)13-16-5-2-1-3-6-16/h1-8,10-11,17H,9,12-15,23H2/t17-/m0/s1. The highest BCUT2D eigenvalue weighted by Crippen LogP contribution is 2.26. The third-order valence-corrected chi connectivity index (χ3v) is 7.26. The number of sulfonamides is 1. The van der Waals surface area contributed by atoms with Crippen molar-refractivity contribution in [3.05, 3.63) is 76.7 Å². The molecule has 0 spiro atoms. The van der Waals surface area contributed by atoms with Gasteiger partial charge in [-0.05, 0) is 30.2 Å². The molecule has 1 saturated heterocycles. The highest BCUT2D eigenvalue weighted by Gasteiger charge is 2.32. The molecule has 162 valence electrons. The molecule has 3 aromatic rings. The third-order valence-electron chi connectivity index (χ3n) is 5.34. The topological polar surface area (TPSA) is 112 Å². The summed E-state index contributed by atoms with van der Waals surface area (Å²) in [6.45, 7) is 0.361. The Morgan fingerprint density at radius 1 is 1.06 bits per heavy atom. The van der Waals surface area contributed by atoms with E-state index in [-0.39, 0.29) is 36.0 Å². The highest BCUT2D eigenvalue weighted by molar-refractivity contribution is 7.89. The summed E-state index contributed by atoms with van der Waals surface area (Å²) in [7, 11) is -3.77. The third kappa shape index (κ3) is 4.39. The fraction of sp³-hybridized carbons (Fsp3) is 0.273. The molecule has 2 aromatic carbocycles. The van der Waals surface area contributed by atoms with Crippen molar-refractivity contribution in [2.75, 3.05) is 13.1 Å². The highest BCUT2D eigenvalue weighted by atomic mass is 32.2. The number of nitrogens with two attached hydrogens (primary N) is 1. The van der Waals surface area contributed by atoms with Crippen molar-refractivity contribution < 1.29 is 17.9 Å². The van der Waals surface area contributed by atoms with E-state index in [2.05, 4.69) is 0 Å². The predicted octanol–water partition coefficient (Wildman–Crippen LogP) is 1.47. The lowest BCUT2D eigenvalue weighted by atomic mass is 10.2. The van der Waals surface area contributed by atoms with Gasteiger partial charge in [-0.25, -0.2) is 8.42 Å². The molecule has 0 radical (unpaired) electrons. The number of ether oxygens (including phenoxy) is 1. The van der Waals surface area contributed by atoms with Crippen LogP contribution in [0.1, 0.15) is 12.0 Å². The molecular formula is C22H23N3O5S. The van der Waals surface area contributed by atoms with Gasteiger partial charge in [0.15, 0.2) is 6.73 Å². The van der Waals surface area contributed by atoms with Crippen LogP contribution in [0, 0.1) is 0 Å². The van der Waals surface area contributed by atoms with Crippen molar-refractivity contribution in [2.24, 2.45) is 5.73 Å². The minimum Gasteiger partial charge on any atom is -0.444 e. The summed E-state index contributed by atoms with van der Waals surface area (Å²) in [4.78, 5) is 25.1. The Labute approximate surface area is 179 Å². The fourth-order valence-electron chi connectivity index (χ4n) is 3.68. The lowest BCUT2D eigenvalue weighted by molar-refractivity contribution is -0.146. The minimum atomic E-state index is -3.77. The molecule has 0 aliphatic carbocycles. The number of aromatic nitrogens is 1. The first-order valence-corrected chi connectivity index (χ1v) is 11.4. The van der Waals surface area contributed by atoms with Crippen LogP contribution in [0.4, 0.5) is 0 Å². The number of hydrogen-bond acceptors (Lipinski definition) is 6.